The Bertz CT molecular complexity index is 725. The molecule has 0 fully saturated rings. The van der Waals surface area contributed by atoms with Crippen molar-refractivity contribution in [2.75, 3.05) is 18.6 Å². The number of aryl methyl sites for hydroxylation is 1. The van der Waals surface area contributed by atoms with Gasteiger partial charge in [-0.3, -0.25) is 9.59 Å². The molecule has 0 radical (unpaired) electrons. The molecule has 0 spiro atoms. The van der Waals surface area contributed by atoms with Crippen LogP contribution in [0.4, 0.5) is 5.69 Å². The number of hydrogen-bond acceptors (Lipinski definition) is 4. The van der Waals surface area contributed by atoms with Gasteiger partial charge in [0.15, 0.2) is 6.61 Å². The summed E-state index contributed by atoms with van der Waals surface area (Å²) < 4.78 is 5.05. The van der Waals surface area contributed by atoms with Gasteiger partial charge in [0.1, 0.15) is 0 Å². The first-order valence-corrected chi connectivity index (χ1v) is 7.07. The van der Waals surface area contributed by atoms with Gasteiger partial charge in [-0.1, -0.05) is 24.3 Å². The maximum atomic E-state index is 12.3. The van der Waals surface area contributed by atoms with Crippen molar-refractivity contribution >= 4 is 23.9 Å². The molecule has 0 saturated heterocycles. The van der Waals surface area contributed by atoms with Crippen molar-refractivity contribution < 1.29 is 19.1 Å². The average molecular weight is 311 g/mol. The van der Waals surface area contributed by atoms with Gasteiger partial charge in [0.05, 0.1) is 11.3 Å². The van der Waals surface area contributed by atoms with Gasteiger partial charge in [-0.2, -0.15) is 0 Å². The van der Waals surface area contributed by atoms with E-state index in [-0.39, 0.29) is 12.4 Å². The van der Waals surface area contributed by atoms with Crippen LogP contribution in [0, 0.1) is 6.92 Å². The van der Waals surface area contributed by atoms with E-state index in [1.165, 1.54) is 4.90 Å². The van der Waals surface area contributed by atoms with Crippen molar-refractivity contribution in [2.45, 2.75) is 6.92 Å². The molecule has 1 amide bonds. The van der Waals surface area contributed by atoms with E-state index in [0.717, 1.165) is 5.56 Å². The lowest BCUT2D eigenvalue weighted by molar-refractivity contribution is -0.107. The highest BCUT2D eigenvalue weighted by Crippen LogP contribution is 2.21. The zero-order chi connectivity index (χ0) is 16.8. The molecule has 5 nitrogen and oxygen atoms in total. The number of benzene rings is 2. The fourth-order valence-electron chi connectivity index (χ4n) is 2.09. The number of anilines is 1. The first-order valence-electron chi connectivity index (χ1n) is 7.07. The minimum Gasteiger partial charge on any atom is -0.454 e. The number of carbonyl (C=O) groups is 3. The summed E-state index contributed by atoms with van der Waals surface area (Å²) in [6.45, 7) is 1.49. The molecule has 23 heavy (non-hydrogen) atoms. The third-order valence-corrected chi connectivity index (χ3v) is 3.34. The Balaban J connectivity index is 2.12. The topological polar surface area (TPSA) is 63.7 Å². The highest BCUT2D eigenvalue weighted by atomic mass is 16.5. The fourth-order valence-corrected chi connectivity index (χ4v) is 2.09. The number of carbonyl (C=O) groups excluding carboxylic acids is 3. The van der Waals surface area contributed by atoms with E-state index >= 15 is 0 Å². The number of ketones is 1. The third kappa shape index (κ3) is 4.03. The summed E-state index contributed by atoms with van der Waals surface area (Å²) in [5.74, 6) is -0.922. The number of nitrogens with zero attached hydrogens (tertiary/aromatic N) is 1. The zero-order valence-electron chi connectivity index (χ0n) is 13.0. The smallest absolute Gasteiger partial charge is 0.338 e. The minimum atomic E-state index is -0.559. The average Bonchev–Trinajstić information content (AvgIpc) is 2.59. The molecule has 118 valence electrons. The highest BCUT2D eigenvalue weighted by molar-refractivity contribution is 6.05. The van der Waals surface area contributed by atoms with Crippen LogP contribution >= 0.6 is 0 Å². The standard InChI is InChI=1S/C18H17NO4/c1-13-8-9-15(16(10-13)19(2)12-20)17(21)11-23-18(22)14-6-4-3-5-7-14/h3-10,12H,11H2,1-2H3. The Morgan fingerprint density at radius 3 is 2.48 bits per heavy atom. The number of hydrogen-bond donors (Lipinski definition) is 0. The van der Waals surface area contributed by atoms with Gasteiger partial charge in [0, 0.05) is 12.6 Å². The van der Waals surface area contributed by atoms with Crippen LogP contribution in [0.5, 0.6) is 0 Å². The van der Waals surface area contributed by atoms with E-state index < -0.39 is 5.97 Å². The molecule has 0 bridgehead atoms. The number of rotatable bonds is 6. The third-order valence-electron chi connectivity index (χ3n) is 3.34. The predicted octanol–water partition coefficient (Wildman–Crippen LogP) is 2.63. The van der Waals surface area contributed by atoms with Crippen molar-refractivity contribution in [3.8, 4) is 0 Å². The number of amides is 1. The van der Waals surface area contributed by atoms with Gasteiger partial charge in [-0.25, -0.2) is 4.79 Å². The molecule has 2 aromatic rings. The van der Waals surface area contributed by atoms with Crippen molar-refractivity contribution in [1.29, 1.82) is 0 Å². The van der Waals surface area contributed by atoms with Gasteiger partial charge in [0.25, 0.3) is 0 Å². The molecule has 0 aromatic heterocycles. The maximum absolute atomic E-state index is 12.3. The van der Waals surface area contributed by atoms with Gasteiger partial charge >= 0.3 is 5.97 Å². The van der Waals surface area contributed by atoms with Gasteiger partial charge in [0.2, 0.25) is 12.2 Å². The monoisotopic (exact) mass is 311 g/mol. The first-order chi connectivity index (χ1) is 11.0. The molecule has 2 aromatic carbocycles. The van der Waals surface area contributed by atoms with E-state index in [1.54, 1.807) is 55.6 Å². The maximum Gasteiger partial charge on any atom is 0.338 e. The van der Waals surface area contributed by atoms with Crippen LogP contribution in [0.25, 0.3) is 0 Å². The molecule has 0 aliphatic heterocycles. The van der Waals surface area contributed by atoms with Crippen LogP contribution in [0.3, 0.4) is 0 Å². The van der Waals surface area contributed by atoms with Crippen molar-refractivity contribution in [3.05, 3.63) is 65.2 Å². The van der Waals surface area contributed by atoms with Crippen LogP contribution in [0.2, 0.25) is 0 Å². The molecule has 2 rings (SSSR count). The van der Waals surface area contributed by atoms with Crippen LogP contribution in [0.15, 0.2) is 48.5 Å². The lowest BCUT2D eigenvalue weighted by Gasteiger charge is -2.16. The summed E-state index contributed by atoms with van der Waals surface area (Å²) in [5.41, 5.74) is 2.13. The lowest BCUT2D eigenvalue weighted by atomic mass is 10.1. The van der Waals surface area contributed by atoms with E-state index in [0.29, 0.717) is 23.2 Å². The molecule has 0 aliphatic carbocycles. The second kappa shape index (κ2) is 7.35. The van der Waals surface area contributed by atoms with Gasteiger partial charge in [-0.15, -0.1) is 0 Å². The van der Waals surface area contributed by atoms with Crippen LogP contribution < -0.4 is 4.90 Å². The normalized spacial score (nSPS) is 10.0. The van der Waals surface area contributed by atoms with Crippen molar-refractivity contribution in [3.63, 3.8) is 0 Å². The quantitative estimate of drug-likeness (QED) is 0.467. The van der Waals surface area contributed by atoms with E-state index in [1.807, 2.05) is 6.92 Å². The molecule has 0 heterocycles. The lowest BCUT2D eigenvalue weighted by Crippen LogP contribution is -2.20. The summed E-state index contributed by atoms with van der Waals surface area (Å²) in [4.78, 5) is 36.5. The zero-order valence-corrected chi connectivity index (χ0v) is 13.0. The Hall–Kier alpha value is -2.95. The fraction of sp³-hybridized carbons (Fsp3) is 0.167. The number of ether oxygens (including phenoxy) is 1. The largest absolute Gasteiger partial charge is 0.454 e. The molecule has 0 aliphatic rings. The summed E-state index contributed by atoms with van der Waals surface area (Å²) in [6.07, 6.45) is 0.627. The summed E-state index contributed by atoms with van der Waals surface area (Å²) in [5, 5.41) is 0. The Morgan fingerprint density at radius 1 is 1.13 bits per heavy atom. The second-order valence-electron chi connectivity index (χ2n) is 5.10. The van der Waals surface area contributed by atoms with Crippen molar-refractivity contribution in [1.82, 2.24) is 0 Å². The summed E-state index contributed by atoms with van der Waals surface area (Å²) >= 11 is 0. The van der Waals surface area contributed by atoms with Gasteiger partial charge < -0.3 is 9.64 Å². The second-order valence-corrected chi connectivity index (χ2v) is 5.10. The Kier molecular flexibility index (Phi) is 5.25. The molecule has 0 saturated carbocycles. The summed E-state index contributed by atoms with van der Waals surface area (Å²) in [7, 11) is 1.56. The van der Waals surface area contributed by atoms with E-state index in [4.69, 9.17) is 4.74 Å². The SMILES string of the molecule is Cc1ccc(C(=O)COC(=O)c2ccccc2)c(N(C)C=O)c1. The van der Waals surface area contributed by atoms with Crippen molar-refractivity contribution in [2.24, 2.45) is 0 Å². The summed E-state index contributed by atoms with van der Waals surface area (Å²) in [6, 6.07) is 13.6. The minimum absolute atomic E-state index is 0.339. The first kappa shape index (κ1) is 16.4. The Morgan fingerprint density at radius 2 is 1.83 bits per heavy atom. The van der Waals surface area contributed by atoms with Crippen LogP contribution in [-0.4, -0.2) is 31.8 Å². The van der Waals surface area contributed by atoms with Crippen LogP contribution in [-0.2, 0) is 9.53 Å². The van der Waals surface area contributed by atoms with E-state index in [9.17, 15) is 14.4 Å². The number of Topliss-reactive ketones (excluding diaryl/α,β-unsaturated/α-hetero) is 1. The molecule has 0 N–H and O–H groups in total. The molecule has 5 heteroatoms. The molecule has 0 atom stereocenters. The number of esters is 1. The predicted molar refractivity (Wildman–Crippen MR) is 86.7 cm³/mol. The van der Waals surface area contributed by atoms with E-state index in [2.05, 4.69) is 0 Å². The van der Waals surface area contributed by atoms with Crippen LogP contribution in [0.1, 0.15) is 26.3 Å². The molecule has 0 unspecified atom stereocenters. The van der Waals surface area contributed by atoms with Gasteiger partial charge in [-0.05, 0) is 36.8 Å². The highest BCUT2D eigenvalue weighted by Gasteiger charge is 2.17. The molecular formula is C18H17NO4. The molecular weight excluding hydrogens is 294 g/mol. The Labute approximate surface area is 134 Å².